The van der Waals surface area contributed by atoms with Crippen molar-refractivity contribution >= 4 is 22.6 Å². The largest absolute Gasteiger partial charge is 0.383 e. The third-order valence-corrected chi connectivity index (χ3v) is 6.63. The molecule has 0 aromatic heterocycles. The summed E-state index contributed by atoms with van der Waals surface area (Å²) in [6.45, 7) is 14.2. The summed E-state index contributed by atoms with van der Waals surface area (Å²) in [6.07, 6.45) is 0. The lowest BCUT2D eigenvalue weighted by molar-refractivity contribution is -0.00985. The molecule has 1 aliphatic heterocycles. The van der Waals surface area contributed by atoms with Crippen LogP contribution in [0.15, 0.2) is 23.2 Å². The lowest BCUT2D eigenvalue weighted by Crippen LogP contribution is -2.19. The number of anilines is 1. The minimum Gasteiger partial charge on any atom is -0.383 e. The fourth-order valence-electron chi connectivity index (χ4n) is 3.19. The highest BCUT2D eigenvalue weighted by Gasteiger charge is 2.22. The van der Waals surface area contributed by atoms with Crippen molar-refractivity contribution in [2.45, 2.75) is 38.6 Å². The molecular formula is C25H44N4O5S. The van der Waals surface area contributed by atoms with Gasteiger partial charge in [0.1, 0.15) is 0 Å². The van der Waals surface area contributed by atoms with Gasteiger partial charge < -0.3 is 40.1 Å². The highest BCUT2D eigenvalue weighted by molar-refractivity contribution is 8.14. The Hall–Kier alpha value is -1.40. The quantitative estimate of drug-likeness (QED) is 0.227. The van der Waals surface area contributed by atoms with Gasteiger partial charge in [-0.2, -0.15) is 0 Å². The van der Waals surface area contributed by atoms with E-state index >= 15 is 0 Å². The van der Waals surface area contributed by atoms with Gasteiger partial charge in [0.05, 0.1) is 72.1 Å². The molecule has 9 nitrogen and oxygen atoms in total. The molecule has 1 aromatic carbocycles. The van der Waals surface area contributed by atoms with Crippen molar-refractivity contribution < 1.29 is 23.7 Å². The molecule has 200 valence electrons. The van der Waals surface area contributed by atoms with E-state index in [0.717, 1.165) is 23.9 Å². The molecule has 0 spiro atoms. The van der Waals surface area contributed by atoms with Crippen molar-refractivity contribution in [1.29, 1.82) is 0 Å². The SMILES string of the molecule is Cc1cc(NCCOCCOCCOCCOCCOCCN)ccc1CNC1=NC(C)C(C)S1. The first-order valence-corrected chi connectivity index (χ1v) is 13.4. The fourth-order valence-corrected chi connectivity index (χ4v) is 4.18. The number of benzene rings is 1. The van der Waals surface area contributed by atoms with E-state index in [2.05, 4.69) is 54.6 Å². The normalized spacial score (nSPS) is 17.5. The number of hydrogen-bond donors (Lipinski definition) is 3. The number of rotatable bonds is 20. The highest BCUT2D eigenvalue weighted by atomic mass is 32.2. The Labute approximate surface area is 214 Å². The molecule has 2 unspecified atom stereocenters. The predicted octanol–water partition coefficient (Wildman–Crippen LogP) is 2.42. The first kappa shape index (κ1) is 29.8. The molecule has 1 heterocycles. The van der Waals surface area contributed by atoms with E-state index in [1.807, 2.05) is 11.8 Å². The molecule has 4 N–H and O–H groups in total. The van der Waals surface area contributed by atoms with Crippen LogP contribution in [-0.4, -0.2) is 95.6 Å². The lowest BCUT2D eigenvalue weighted by atomic mass is 10.1. The van der Waals surface area contributed by atoms with Gasteiger partial charge in [-0.15, -0.1) is 0 Å². The standard InChI is InChI=1S/C25H44N4O5S/c1-20-18-24(5-4-23(20)19-28-25-29-21(2)22(3)35-25)27-7-9-31-11-13-33-15-17-34-16-14-32-12-10-30-8-6-26/h4-5,18,21-22,27H,6-17,19,26H2,1-3H3,(H,28,29). The van der Waals surface area contributed by atoms with Crippen molar-refractivity contribution in [1.82, 2.24) is 5.32 Å². The Balaban J connectivity index is 1.40. The summed E-state index contributed by atoms with van der Waals surface area (Å²) in [7, 11) is 0. The molecule has 0 saturated carbocycles. The fraction of sp³-hybridized carbons (Fsp3) is 0.720. The minimum atomic E-state index is 0.381. The van der Waals surface area contributed by atoms with Crippen molar-refractivity contribution in [3.63, 3.8) is 0 Å². The van der Waals surface area contributed by atoms with Crippen LogP contribution in [0.3, 0.4) is 0 Å². The van der Waals surface area contributed by atoms with Gasteiger partial charge in [-0.25, -0.2) is 0 Å². The summed E-state index contributed by atoms with van der Waals surface area (Å²) in [5.74, 6) is 0. The van der Waals surface area contributed by atoms with E-state index in [4.69, 9.17) is 29.4 Å². The number of aliphatic imine (C=N–C) groups is 1. The zero-order chi connectivity index (χ0) is 25.1. The van der Waals surface area contributed by atoms with Crippen LogP contribution in [0.5, 0.6) is 0 Å². The van der Waals surface area contributed by atoms with E-state index in [9.17, 15) is 0 Å². The first-order chi connectivity index (χ1) is 17.1. The van der Waals surface area contributed by atoms with Crippen molar-refractivity contribution in [2.24, 2.45) is 10.7 Å². The number of aryl methyl sites for hydroxylation is 1. The minimum absolute atomic E-state index is 0.381. The van der Waals surface area contributed by atoms with Crippen molar-refractivity contribution in [3.05, 3.63) is 29.3 Å². The molecule has 0 saturated heterocycles. The molecular weight excluding hydrogens is 468 g/mol. The predicted molar refractivity (Wildman–Crippen MR) is 144 cm³/mol. The molecule has 2 rings (SSSR count). The third-order valence-electron chi connectivity index (χ3n) is 5.40. The third kappa shape index (κ3) is 13.5. The van der Waals surface area contributed by atoms with Gasteiger partial charge in [0, 0.05) is 30.6 Å². The number of ether oxygens (including phenoxy) is 5. The number of nitrogens with one attached hydrogen (secondary N) is 2. The lowest BCUT2D eigenvalue weighted by Gasteiger charge is -2.12. The van der Waals surface area contributed by atoms with Gasteiger partial charge in [-0.3, -0.25) is 4.99 Å². The monoisotopic (exact) mass is 512 g/mol. The Morgan fingerprint density at radius 2 is 1.40 bits per heavy atom. The van der Waals surface area contributed by atoms with Crippen molar-refractivity contribution in [3.8, 4) is 0 Å². The Morgan fingerprint density at radius 1 is 0.829 bits per heavy atom. The summed E-state index contributed by atoms with van der Waals surface area (Å²) >= 11 is 1.82. The maximum absolute atomic E-state index is 5.63. The summed E-state index contributed by atoms with van der Waals surface area (Å²) in [5.41, 5.74) is 8.97. The first-order valence-electron chi connectivity index (χ1n) is 12.5. The molecule has 10 heteroatoms. The summed E-state index contributed by atoms with van der Waals surface area (Å²) < 4.78 is 27.2. The van der Waals surface area contributed by atoms with Gasteiger partial charge in [-0.05, 0) is 37.1 Å². The topological polar surface area (TPSA) is 109 Å². The molecule has 0 radical (unpaired) electrons. The van der Waals surface area contributed by atoms with Crippen LogP contribution in [0.25, 0.3) is 0 Å². The van der Waals surface area contributed by atoms with E-state index in [1.54, 1.807) is 0 Å². The maximum Gasteiger partial charge on any atom is 0.157 e. The van der Waals surface area contributed by atoms with Gasteiger partial charge in [0.2, 0.25) is 0 Å². The summed E-state index contributed by atoms with van der Waals surface area (Å²) in [4.78, 5) is 4.66. The second kappa shape index (κ2) is 18.8. The summed E-state index contributed by atoms with van der Waals surface area (Å²) in [6, 6.07) is 6.84. The number of amidine groups is 1. The second-order valence-electron chi connectivity index (χ2n) is 8.27. The van der Waals surface area contributed by atoms with Crippen LogP contribution >= 0.6 is 11.8 Å². The van der Waals surface area contributed by atoms with Crippen LogP contribution in [0.2, 0.25) is 0 Å². The highest BCUT2D eigenvalue weighted by Crippen LogP contribution is 2.25. The molecule has 0 bridgehead atoms. The molecule has 1 aromatic rings. The van der Waals surface area contributed by atoms with E-state index in [0.29, 0.717) is 83.9 Å². The molecule has 1 aliphatic rings. The van der Waals surface area contributed by atoms with Crippen LogP contribution in [0.4, 0.5) is 5.69 Å². The smallest absolute Gasteiger partial charge is 0.157 e. The van der Waals surface area contributed by atoms with Crippen LogP contribution in [0, 0.1) is 6.92 Å². The van der Waals surface area contributed by atoms with Gasteiger partial charge in [-0.1, -0.05) is 24.8 Å². The number of nitrogens with zero attached hydrogens (tertiary/aromatic N) is 1. The number of thioether (sulfide) groups is 1. The molecule has 35 heavy (non-hydrogen) atoms. The second-order valence-corrected chi connectivity index (χ2v) is 9.64. The summed E-state index contributed by atoms with van der Waals surface area (Å²) in [5, 5.41) is 8.46. The zero-order valence-corrected chi connectivity index (χ0v) is 22.4. The molecule has 0 amide bonds. The van der Waals surface area contributed by atoms with Gasteiger partial charge >= 0.3 is 0 Å². The van der Waals surface area contributed by atoms with E-state index < -0.39 is 0 Å². The molecule has 2 atom stereocenters. The van der Waals surface area contributed by atoms with Crippen LogP contribution < -0.4 is 16.4 Å². The van der Waals surface area contributed by atoms with Gasteiger partial charge in [0.15, 0.2) is 5.17 Å². The van der Waals surface area contributed by atoms with Gasteiger partial charge in [0.25, 0.3) is 0 Å². The average molecular weight is 513 g/mol. The average Bonchev–Trinajstić information content (AvgIpc) is 3.17. The number of nitrogens with two attached hydrogens (primary N) is 1. The zero-order valence-electron chi connectivity index (χ0n) is 21.6. The Kier molecular flexibility index (Phi) is 16.0. The number of hydrogen-bond acceptors (Lipinski definition) is 10. The van der Waals surface area contributed by atoms with Crippen LogP contribution in [-0.2, 0) is 30.2 Å². The van der Waals surface area contributed by atoms with Crippen LogP contribution in [0.1, 0.15) is 25.0 Å². The Bertz CT molecular complexity index is 725. The van der Waals surface area contributed by atoms with E-state index in [1.165, 1.54) is 11.1 Å². The Morgan fingerprint density at radius 3 is 1.91 bits per heavy atom. The molecule has 0 fully saturated rings. The molecule has 0 aliphatic carbocycles. The van der Waals surface area contributed by atoms with E-state index in [-0.39, 0.29) is 0 Å². The van der Waals surface area contributed by atoms with Crippen molar-refractivity contribution in [2.75, 3.05) is 84.5 Å². The maximum atomic E-state index is 5.63.